The van der Waals surface area contributed by atoms with E-state index in [0.29, 0.717) is 44.0 Å². The van der Waals surface area contributed by atoms with Gasteiger partial charge in [0.15, 0.2) is 0 Å². The van der Waals surface area contributed by atoms with Crippen molar-refractivity contribution in [1.82, 2.24) is 15.0 Å². The third kappa shape index (κ3) is 5.26. The van der Waals surface area contributed by atoms with Crippen molar-refractivity contribution < 1.29 is 0 Å². The molecule has 10 nitrogen and oxygen atoms in total. The lowest BCUT2D eigenvalue weighted by Crippen LogP contribution is -2.54. The minimum absolute atomic E-state index is 0. The number of anilines is 3. The zero-order chi connectivity index (χ0) is 19.7. The van der Waals surface area contributed by atoms with Crippen LogP contribution in [0.15, 0.2) is 12.2 Å². The first-order valence-electron chi connectivity index (χ1n) is 10.2. The SMILES string of the molecule is Cl.N[C@@H]1C[C@H](N)CN(c2nc(N3CC=CCC3)nc(N3C[C@H](N)C[C@H](N)C3)n2)C1. The summed E-state index contributed by atoms with van der Waals surface area (Å²) in [6, 6.07) is 0.0636. The molecule has 4 heterocycles. The first kappa shape index (κ1) is 22.0. The van der Waals surface area contributed by atoms with Crippen LogP contribution >= 0.6 is 12.4 Å². The number of hydrogen-bond donors (Lipinski definition) is 4. The minimum Gasteiger partial charge on any atom is -0.338 e. The highest BCUT2D eigenvalue weighted by Crippen LogP contribution is 2.24. The highest BCUT2D eigenvalue weighted by molar-refractivity contribution is 5.85. The van der Waals surface area contributed by atoms with Crippen molar-refractivity contribution in [3.63, 3.8) is 0 Å². The Kier molecular flexibility index (Phi) is 7.12. The second-order valence-corrected chi connectivity index (χ2v) is 8.26. The number of nitrogens with zero attached hydrogens (tertiary/aromatic N) is 6. The van der Waals surface area contributed by atoms with Gasteiger partial charge in [0.05, 0.1) is 0 Å². The number of nitrogens with two attached hydrogens (primary N) is 4. The van der Waals surface area contributed by atoms with Gasteiger partial charge in [-0.25, -0.2) is 0 Å². The summed E-state index contributed by atoms with van der Waals surface area (Å²) >= 11 is 0. The Labute approximate surface area is 178 Å². The van der Waals surface area contributed by atoms with Gasteiger partial charge in [0.25, 0.3) is 0 Å². The lowest BCUT2D eigenvalue weighted by Gasteiger charge is -2.37. The molecule has 8 N–H and O–H groups in total. The molecule has 0 aliphatic carbocycles. The Hall–Kier alpha value is -1.72. The molecule has 1 aromatic rings. The summed E-state index contributed by atoms with van der Waals surface area (Å²) in [4.78, 5) is 20.7. The molecule has 0 bridgehead atoms. The van der Waals surface area contributed by atoms with Crippen molar-refractivity contribution in [3.05, 3.63) is 12.2 Å². The zero-order valence-corrected chi connectivity index (χ0v) is 17.5. The lowest BCUT2D eigenvalue weighted by molar-refractivity contribution is 0.441. The molecular weight excluding hydrogens is 392 g/mol. The first-order valence-corrected chi connectivity index (χ1v) is 10.2. The van der Waals surface area contributed by atoms with Crippen LogP contribution in [0, 0.1) is 0 Å². The highest BCUT2D eigenvalue weighted by atomic mass is 35.5. The summed E-state index contributed by atoms with van der Waals surface area (Å²) in [6.07, 6.45) is 6.94. The topological polar surface area (TPSA) is 152 Å². The molecule has 162 valence electrons. The van der Waals surface area contributed by atoms with Crippen molar-refractivity contribution in [2.75, 3.05) is 54.0 Å². The van der Waals surface area contributed by atoms with Gasteiger partial charge in [-0.1, -0.05) is 12.2 Å². The number of hydrogen-bond acceptors (Lipinski definition) is 10. The Morgan fingerprint density at radius 1 is 0.655 bits per heavy atom. The van der Waals surface area contributed by atoms with Crippen molar-refractivity contribution >= 4 is 30.3 Å². The quantitative estimate of drug-likeness (QED) is 0.434. The van der Waals surface area contributed by atoms with E-state index in [1.807, 2.05) is 0 Å². The molecule has 29 heavy (non-hydrogen) atoms. The molecule has 4 atom stereocenters. The average molecular weight is 425 g/mol. The van der Waals surface area contributed by atoms with Crippen molar-refractivity contribution in [1.29, 1.82) is 0 Å². The Morgan fingerprint density at radius 3 is 1.45 bits per heavy atom. The van der Waals surface area contributed by atoms with Crippen LogP contribution in [0.3, 0.4) is 0 Å². The van der Waals surface area contributed by atoms with E-state index in [1.54, 1.807) is 0 Å². The Bertz CT molecular complexity index is 652. The van der Waals surface area contributed by atoms with Crippen LogP contribution in [0.25, 0.3) is 0 Å². The molecular formula is C18H33ClN10. The maximum absolute atomic E-state index is 6.20. The van der Waals surface area contributed by atoms with Crippen molar-refractivity contribution in [2.24, 2.45) is 22.9 Å². The summed E-state index contributed by atoms with van der Waals surface area (Å²) < 4.78 is 0. The molecule has 1 aromatic heterocycles. The maximum atomic E-state index is 6.20. The predicted molar refractivity (Wildman–Crippen MR) is 119 cm³/mol. The molecule has 3 aliphatic rings. The van der Waals surface area contributed by atoms with Crippen LogP contribution in [0.1, 0.15) is 19.3 Å². The molecule has 2 fully saturated rings. The summed E-state index contributed by atoms with van der Waals surface area (Å²) in [5.41, 5.74) is 24.8. The minimum atomic E-state index is 0. The second kappa shape index (κ2) is 9.40. The van der Waals surface area contributed by atoms with Gasteiger partial charge >= 0.3 is 0 Å². The lowest BCUT2D eigenvalue weighted by atomic mass is 10.0. The molecule has 2 saturated heterocycles. The molecule has 0 aromatic carbocycles. The molecule has 0 amide bonds. The van der Waals surface area contributed by atoms with Gasteiger partial charge in [0.1, 0.15) is 0 Å². The number of rotatable bonds is 3. The van der Waals surface area contributed by atoms with E-state index in [2.05, 4.69) is 26.9 Å². The Morgan fingerprint density at radius 2 is 1.07 bits per heavy atom. The molecule has 0 radical (unpaired) electrons. The zero-order valence-electron chi connectivity index (χ0n) is 16.7. The van der Waals surface area contributed by atoms with E-state index in [4.69, 9.17) is 37.9 Å². The van der Waals surface area contributed by atoms with Gasteiger partial charge in [0, 0.05) is 63.4 Å². The fourth-order valence-corrected chi connectivity index (χ4v) is 4.27. The van der Waals surface area contributed by atoms with E-state index in [-0.39, 0.29) is 36.6 Å². The van der Waals surface area contributed by atoms with Crippen molar-refractivity contribution in [3.8, 4) is 0 Å². The van der Waals surface area contributed by atoms with E-state index < -0.39 is 0 Å². The van der Waals surface area contributed by atoms with Crippen LogP contribution < -0.4 is 37.6 Å². The third-order valence-corrected chi connectivity index (χ3v) is 5.54. The van der Waals surface area contributed by atoms with Crippen molar-refractivity contribution in [2.45, 2.75) is 43.4 Å². The van der Waals surface area contributed by atoms with E-state index in [9.17, 15) is 0 Å². The smallest absolute Gasteiger partial charge is 0.232 e. The van der Waals surface area contributed by atoms with Gasteiger partial charge in [0.2, 0.25) is 17.8 Å². The number of halogens is 1. The molecule has 3 aliphatic heterocycles. The van der Waals surface area contributed by atoms with E-state index in [1.165, 1.54) is 0 Å². The number of aromatic nitrogens is 3. The van der Waals surface area contributed by atoms with E-state index in [0.717, 1.165) is 32.4 Å². The van der Waals surface area contributed by atoms with Gasteiger partial charge in [-0.15, -0.1) is 12.4 Å². The fraction of sp³-hybridized carbons (Fsp3) is 0.722. The monoisotopic (exact) mass is 424 g/mol. The second-order valence-electron chi connectivity index (χ2n) is 8.26. The Balaban J connectivity index is 0.00000240. The van der Waals surface area contributed by atoms with Gasteiger partial charge < -0.3 is 37.6 Å². The summed E-state index contributed by atoms with van der Waals surface area (Å²) in [5.74, 6) is 1.95. The van der Waals surface area contributed by atoms with Crippen LogP contribution in [0.5, 0.6) is 0 Å². The molecule has 0 spiro atoms. The van der Waals surface area contributed by atoms with Gasteiger partial charge in [-0.05, 0) is 19.3 Å². The van der Waals surface area contributed by atoms with Crippen LogP contribution in [0.2, 0.25) is 0 Å². The van der Waals surface area contributed by atoms with Crippen LogP contribution in [-0.4, -0.2) is 78.4 Å². The van der Waals surface area contributed by atoms with Gasteiger partial charge in [-0.2, -0.15) is 15.0 Å². The number of piperidine rings is 2. The molecule has 0 unspecified atom stereocenters. The van der Waals surface area contributed by atoms with Crippen LogP contribution in [0.4, 0.5) is 17.8 Å². The molecule has 0 saturated carbocycles. The van der Waals surface area contributed by atoms with Crippen LogP contribution in [-0.2, 0) is 0 Å². The summed E-state index contributed by atoms with van der Waals surface area (Å²) in [5, 5.41) is 0. The molecule has 11 heteroatoms. The largest absolute Gasteiger partial charge is 0.338 e. The fourth-order valence-electron chi connectivity index (χ4n) is 4.27. The van der Waals surface area contributed by atoms with Gasteiger partial charge in [-0.3, -0.25) is 0 Å². The third-order valence-electron chi connectivity index (χ3n) is 5.54. The highest BCUT2D eigenvalue weighted by Gasteiger charge is 2.29. The summed E-state index contributed by atoms with van der Waals surface area (Å²) in [6.45, 7) is 4.44. The molecule has 4 rings (SSSR count). The summed E-state index contributed by atoms with van der Waals surface area (Å²) in [7, 11) is 0. The maximum Gasteiger partial charge on any atom is 0.232 e. The average Bonchev–Trinajstić information content (AvgIpc) is 2.67. The normalized spacial score (nSPS) is 30.3. The van der Waals surface area contributed by atoms with E-state index >= 15 is 0 Å². The predicted octanol–water partition coefficient (Wildman–Crippen LogP) is -1.21. The standard InChI is InChI=1S/C18H32N10.ClH/c19-12-6-13(20)9-27(8-12)17-23-16(26-4-2-1-3-5-26)24-18(25-17)28-10-14(21)7-15(22)11-28;/h1-2,12-15H,3-11,19-22H2;1H/t12-,13+,14-,15+;. The first-order chi connectivity index (χ1) is 13.5.